The SMILES string of the molecule is C.CC(=O)C1CCCN1C.CC[C@@H](CC(C)C)C(C)=O.CC[C@@H](Cc1c[nH]c2ccccc12)C(C)=O.CC[C@H](C(C)=O)C1CCCCC1. The number of aromatic amines is 1. The molecule has 1 N–H and O–H groups in total. The zero-order valence-corrected chi connectivity index (χ0v) is 31.6. The third-order valence-corrected chi connectivity index (χ3v) is 10.2. The van der Waals surface area contributed by atoms with Crippen molar-refractivity contribution in [1.82, 2.24) is 9.88 Å². The maximum Gasteiger partial charge on any atom is 0.146 e. The molecule has 1 aliphatic heterocycles. The summed E-state index contributed by atoms with van der Waals surface area (Å²) in [5.41, 5.74) is 2.40. The van der Waals surface area contributed by atoms with Gasteiger partial charge in [0.15, 0.2) is 0 Å². The number of hydrogen-bond donors (Lipinski definition) is 1. The highest BCUT2D eigenvalue weighted by atomic mass is 16.1. The fourth-order valence-electron chi connectivity index (χ4n) is 7.24. The van der Waals surface area contributed by atoms with Gasteiger partial charge in [-0.1, -0.05) is 79.5 Å². The molecule has 4 rings (SSSR count). The van der Waals surface area contributed by atoms with E-state index in [1.165, 1.54) is 49.5 Å². The molecule has 2 heterocycles. The van der Waals surface area contributed by atoms with Crippen LogP contribution >= 0.6 is 0 Å². The minimum absolute atomic E-state index is 0. The maximum atomic E-state index is 11.4. The zero-order chi connectivity index (χ0) is 35.5. The van der Waals surface area contributed by atoms with Gasteiger partial charge >= 0.3 is 0 Å². The molecule has 274 valence electrons. The van der Waals surface area contributed by atoms with E-state index in [0.29, 0.717) is 41.0 Å². The van der Waals surface area contributed by atoms with Crippen LogP contribution in [-0.2, 0) is 25.6 Å². The van der Waals surface area contributed by atoms with Crippen molar-refractivity contribution in [2.24, 2.45) is 29.6 Å². The first kappa shape index (κ1) is 45.4. The molecule has 0 spiro atoms. The number of Topliss-reactive ketones (excluding diaryl/α,β-unsaturated/α-hetero) is 4. The largest absolute Gasteiger partial charge is 0.361 e. The first-order valence-electron chi connectivity index (χ1n) is 18.5. The third kappa shape index (κ3) is 16.2. The number of carbonyl (C=O) groups excluding carboxylic acids is 4. The first-order chi connectivity index (χ1) is 22.3. The molecular weight excluding hydrogens is 596 g/mol. The van der Waals surface area contributed by atoms with E-state index in [0.717, 1.165) is 50.6 Å². The van der Waals surface area contributed by atoms with Gasteiger partial charge in [-0.3, -0.25) is 24.1 Å². The second-order valence-electron chi connectivity index (χ2n) is 14.4. The van der Waals surface area contributed by atoms with Gasteiger partial charge in [0.1, 0.15) is 23.1 Å². The number of likely N-dealkylation sites (tertiary alicyclic amines) is 1. The van der Waals surface area contributed by atoms with Crippen molar-refractivity contribution in [2.45, 2.75) is 153 Å². The Balaban J connectivity index is 0.000000626. The van der Waals surface area contributed by atoms with Gasteiger partial charge in [-0.15, -0.1) is 0 Å². The van der Waals surface area contributed by atoms with Crippen molar-refractivity contribution >= 4 is 34.0 Å². The highest BCUT2D eigenvalue weighted by Crippen LogP contribution is 2.32. The summed E-state index contributed by atoms with van der Waals surface area (Å²) in [6.07, 6.45) is 15.7. The molecule has 2 fully saturated rings. The predicted molar refractivity (Wildman–Crippen MR) is 204 cm³/mol. The van der Waals surface area contributed by atoms with Gasteiger partial charge in [0, 0.05) is 34.9 Å². The molecule has 1 aromatic heterocycles. The summed E-state index contributed by atoms with van der Waals surface area (Å²) in [7, 11) is 2.01. The number of nitrogens with one attached hydrogen (secondary N) is 1. The lowest BCUT2D eigenvalue weighted by atomic mass is 9.77. The molecule has 1 saturated carbocycles. The molecule has 1 saturated heterocycles. The fourth-order valence-corrected chi connectivity index (χ4v) is 7.24. The molecule has 6 nitrogen and oxygen atoms in total. The molecular formula is C42H72N2O4. The van der Waals surface area contributed by atoms with E-state index in [4.69, 9.17) is 0 Å². The van der Waals surface area contributed by atoms with E-state index in [1.807, 2.05) is 25.4 Å². The topological polar surface area (TPSA) is 87.3 Å². The van der Waals surface area contributed by atoms with Crippen LogP contribution < -0.4 is 0 Å². The summed E-state index contributed by atoms with van der Waals surface area (Å²) in [6.45, 7) is 18.5. The molecule has 1 aliphatic carbocycles. The van der Waals surface area contributed by atoms with Crippen LogP contribution in [0.4, 0.5) is 0 Å². The number of carbonyl (C=O) groups is 4. The number of ketones is 4. The van der Waals surface area contributed by atoms with E-state index < -0.39 is 0 Å². The van der Waals surface area contributed by atoms with Crippen molar-refractivity contribution in [3.8, 4) is 0 Å². The van der Waals surface area contributed by atoms with Crippen molar-refractivity contribution in [3.05, 3.63) is 36.0 Å². The average molecular weight is 669 g/mol. The Morgan fingerprint density at radius 2 is 1.38 bits per heavy atom. The Labute approximate surface area is 294 Å². The number of H-pyrrole nitrogens is 1. The van der Waals surface area contributed by atoms with Crippen LogP contribution in [0.2, 0.25) is 0 Å². The lowest BCUT2D eigenvalue weighted by Gasteiger charge is -2.27. The Morgan fingerprint density at radius 1 is 0.792 bits per heavy atom. The van der Waals surface area contributed by atoms with Crippen LogP contribution in [0, 0.1) is 29.6 Å². The van der Waals surface area contributed by atoms with Crippen LogP contribution in [0.25, 0.3) is 10.9 Å². The summed E-state index contributed by atoms with van der Waals surface area (Å²) in [5.74, 6) is 3.53. The Morgan fingerprint density at radius 3 is 1.77 bits per heavy atom. The third-order valence-electron chi connectivity index (χ3n) is 10.2. The van der Waals surface area contributed by atoms with E-state index >= 15 is 0 Å². The lowest BCUT2D eigenvalue weighted by Crippen LogP contribution is -2.30. The van der Waals surface area contributed by atoms with E-state index in [2.05, 4.69) is 56.6 Å². The van der Waals surface area contributed by atoms with Gasteiger partial charge in [-0.2, -0.15) is 0 Å². The first-order valence-corrected chi connectivity index (χ1v) is 18.5. The number of aromatic nitrogens is 1. The number of rotatable bonds is 12. The van der Waals surface area contributed by atoms with Gasteiger partial charge in [0.25, 0.3) is 0 Å². The van der Waals surface area contributed by atoms with Gasteiger partial charge in [0.05, 0.1) is 6.04 Å². The molecule has 48 heavy (non-hydrogen) atoms. The number of likely N-dealkylation sites (N-methyl/N-ethyl adjacent to an activating group) is 1. The summed E-state index contributed by atoms with van der Waals surface area (Å²) in [6, 6.07) is 8.45. The summed E-state index contributed by atoms with van der Waals surface area (Å²) >= 11 is 0. The lowest BCUT2D eigenvalue weighted by molar-refractivity contribution is -0.123. The Bertz CT molecular complexity index is 1210. The van der Waals surface area contributed by atoms with E-state index in [9.17, 15) is 19.2 Å². The maximum absolute atomic E-state index is 11.4. The molecule has 0 amide bonds. The van der Waals surface area contributed by atoms with E-state index in [-0.39, 0.29) is 25.2 Å². The van der Waals surface area contributed by atoms with Crippen LogP contribution in [-0.4, -0.2) is 52.7 Å². The Kier molecular flexibility index (Phi) is 23.2. The van der Waals surface area contributed by atoms with Crippen LogP contribution in [0.5, 0.6) is 0 Å². The van der Waals surface area contributed by atoms with Crippen molar-refractivity contribution in [1.29, 1.82) is 0 Å². The van der Waals surface area contributed by atoms with Crippen LogP contribution in [0.15, 0.2) is 30.5 Å². The second kappa shape index (κ2) is 24.5. The number of nitrogens with zero attached hydrogens (tertiary/aromatic N) is 1. The average Bonchev–Trinajstić information content (AvgIpc) is 3.66. The molecule has 2 aliphatic rings. The van der Waals surface area contributed by atoms with Crippen molar-refractivity contribution in [3.63, 3.8) is 0 Å². The minimum Gasteiger partial charge on any atom is -0.361 e. The Hall–Kier alpha value is -2.60. The molecule has 4 atom stereocenters. The highest BCUT2D eigenvalue weighted by Gasteiger charge is 2.25. The van der Waals surface area contributed by atoms with Crippen LogP contribution in [0.1, 0.15) is 146 Å². The number of fused-ring (bicyclic) bond motifs is 1. The van der Waals surface area contributed by atoms with E-state index in [1.54, 1.807) is 27.7 Å². The molecule has 0 radical (unpaired) electrons. The van der Waals surface area contributed by atoms with Gasteiger partial charge in [-0.05, 0) is 123 Å². The molecule has 1 unspecified atom stereocenters. The smallest absolute Gasteiger partial charge is 0.146 e. The van der Waals surface area contributed by atoms with Crippen molar-refractivity contribution < 1.29 is 19.2 Å². The summed E-state index contributed by atoms with van der Waals surface area (Å²) in [4.78, 5) is 49.8. The molecule has 2 aromatic rings. The number of hydrogen-bond acceptors (Lipinski definition) is 5. The number of benzene rings is 1. The fraction of sp³-hybridized carbons (Fsp3) is 0.714. The predicted octanol–water partition coefficient (Wildman–Crippen LogP) is 10.5. The minimum atomic E-state index is 0. The normalized spacial score (nSPS) is 18.1. The monoisotopic (exact) mass is 669 g/mol. The standard InChI is InChI=1S/C14H17NO.C11H20O.C9H18O.C7H13NO.CH4/c1-3-11(10(2)16)8-12-9-15-14-7-5-4-6-13(12)14;1-3-11(9(2)12)10-7-5-4-6-8-10;1-5-9(8(4)10)6-7(2)3;1-6(9)7-4-3-5-8(7)2;/h4-7,9,11,15H,3,8H2,1-2H3;10-11H,3-8H2,1-2H3;7,9H,5-6H2,1-4H3;7H,3-5H2,1-2H3;1H4/t2*11-;9-;;/m010../s1. The van der Waals surface area contributed by atoms with Gasteiger partial charge in [0.2, 0.25) is 0 Å². The zero-order valence-electron chi connectivity index (χ0n) is 31.6. The number of para-hydroxylation sites is 1. The molecule has 6 heteroatoms. The van der Waals surface area contributed by atoms with Gasteiger partial charge < -0.3 is 4.98 Å². The highest BCUT2D eigenvalue weighted by molar-refractivity contribution is 5.85. The summed E-state index contributed by atoms with van der Waals surface area (Å²) in [5, 5.41) is 1.24. The second-order valence-corrected chi connectivity index (χ2v) is 14.4. The van der Waals surface area contributed by atoms with Crippen LogP contribution in [0.3, 0.4) is 0 Å². The van der Waals surface area contributed by atoms with Gasteiger partial charge in [-0.25, -0.2) is 0 Å². The molecule has 1 aromatic carbocycles. The molecule has 0 bridgehead atoms. The quantitative estimate of drug-likeness (QED) is 0.243. The summed E-state index contributed by atoms with van der Waals surface area (Å²) < 4.78 is 0. The van der Waals surface area contributed by atoms with Crippen molar-refractivity contribution in [2.75, 3.05) is 13.6 Å².